The Morgan fingerprint density at radius 2 is 1.70 bits per heavy atom. The fourth-order valence-electron chi connectivity index (χ4n) is 2.16. The van der Waals surface area contributed by atoms with Gasteiger partial charge in [0.25, 0.3) is 0 Å². The number of hydrogen-bond acceptors (Lipinski definition) is 2. The lowest BCUT2D eigenvalue weighted by Gasteiger charge is -2.26. The van der Waals surface area contributed by atoms with Crippen molar-refractivity contribution in [1.29, 1.82) is 0 Å². The molecule has 1 aromatic rings. The van der Waals surface area contributed by atoms with Crippen LogP contribution in [0.25, 0.3) is 0 Å². The molecule has 1 rings (SSSR count). The molecule has 0 aliphatic carbocycles. The SMILES string of the molecule is C=C(C[C@H](O)C(C)C)[C@H](OCc1ccccc1)C(C)C. The number of benzene rings is 1. The Morgan fingerprint density at radius 1 is 1.10 bits per heavy atom. The second kappa shape index (κ2) is 8.23. The lowest BCUT2D eigenvalue weighted by atomic mass is 9.92. The summed E-state index contributed by atoms with van der Waals surface area (Å²) in [5, 5.41) is 10.00. The minimum atomic E-state index is -0.343. The van der Waals surface area contributed by atoms with Gasteiger partial charge in [0.05, 0.1) is 18.8 Å². The van der Waals surface area contributed by atoms with Gasteiger partial charge in [-0.25, -0.2) is 0 Å². The minimum Gasteiger partial charge on any atom is -0.393 e. The molecule has 0 fully saturated rings. The Kier molecular flexibility index (Phi) is 6.97. The van der Waals surface area contributed by atoms with Crippen LogP contribution in [-0.4, -0.2) is 17.3 Å². The molecule has 2 atom stereocenters. The van der Waals surface area contributed by atoms with Crippen molar-refractivity contribution < 1.29 is 9.84 Å². The largest absolute Gasteiger partial charge is 0.393 e. The van der Waals surface area contributed by atoms with Crippen LogP contribution in [0.2, 0.25) is 0 Å². The van der Waals surface area contributed by atoms with Crippen molar-refractivity contribution in [2.45, 2.75) is 52.9 Å². The summed E-state index contributed by atoms with van der Waals surface area (Å²) in [7, 11) is 0. The predicted molar refractivity (Wildman–Crippen MR) is 84.5 cm³/mol. The molecule has 0 unspecified atom stereocenters. The number of aliphatic hydroxyl groups excluding tert-OH is 1. The first-order chi connectivity index (χ1) is 9.41. The summed E-state index contributed by atoms with van der Waals surface area (Å²) in [4.78, 5) is 0. The normalized spacial score (nSPS) is 14.6. The van der Waals surface area contributed by atoms with Crippen LogP contribution in [0, 0.1) is 11.8 Å². The standard InChI is InChI=1S/C18H28O2/c1-13(2)17(19)11-15(5)18(14(3)4)20-12-16-9-7-6-8-10-16/h6-10,13-14,17-19H,5,11-12H2,1-4H3/t17-,18+/m0/s1. The molecule has 2 heteroatoms. The summed E-state index contributed by atoms with van der Waals surface area (Å²) in [5.41, 5.74) is 2.15. The van der Waals surface area contributed by atoms with Gasteiger partial charge >= 0.3 is 0 Å². The van der Waals surface area contributed by atoms with Crippen LogP contribution in [0.5, 0.6) is 0 Å². The monoisotopic (exact) mass is 276 g/mol. The summed E-state index contributed by atoms with van der Waals surface area (Å²) in [6, 6.07) is 10.1. The van der Waals surface area contributed by atoms with Crippen LogP contribution in [-0.2, 0) is 11.3 Å². The summed E-state index contributed by atoms with van der Waals surface area (Å²) in [6.45, 7) is 13.0. The van der Waals surface area contributed by atoms with Gasteiger partial charge in [0.1, 0.15) is 0 Å². The molecule has 20 heavy (non-hydrogen) atoms. The molecule has 0 saturated carbocycles. The first kappa shape index (κ1) is 16.9. The maximum atomic E-state index is 10.00. The molecule has 0 bridgehead atoms. The lowest BCUT2D eigenvalue weighted by Crippen LogP contribution is -2.26. The van der Waals surface area contributed by atoms with Crippen molar-refractivity contribution in [1.82, 2.24) is 0 Å². The first-order valence-electron chi connectivity index (χ1n) is 7.43. The van der Waals surface area contributed by atoms with Crippen molar-refractivity contribution in [2.24, 2.45) is 11.8 Å². The molecule has 0 heterocycles. The highest BCUT2D eigenvalue weighted by atomic mass is 16.5. The third-order valence-corrected chi connectivity index (χ3v) is 3.52. The lowest BCUT2D eigenvalue weighted by molar-refractivity contribution is 0.0259. The third-order valence-electron chi connectivity index (χ3n) is 3.52. The zero-order valence-electron chi connectivity index (χ0n) is 13.2. The molecule has 0 amide bonds. The van der Waals surface area contributed by atoms with E-state index in [4.69, 9.17) is 4.74 Å². The van der Waals surface area contributed by atoms with Gasteiger partial charge in [-0.1, -0.05) is 64.6 Å². The molecular formula is C18H28O2. The summed E-state index contributed by atoms with van der Waals surface area (Å²) in [6.07, 6.45) is 0.252. The first-order valence-corrected chi connectivity index (χ1v) is 7.43. The van der Waals surface area contributed by atoms with E-state index in [1.165, 1.54) is 0 Å². The van der Waals surface area contributed by atoms with Crippen LogP contribution < -0.4 is 0 Å². The van der Waals surface area contributed by atoms with Crippen molar-refractivity contribution in [3.63, 3.8) is 0 Å². The molecule has 1 N–H and O–H groups in total. The van der Waals surface area contributed by atoms with E-state index >= 15 is 0 Å². The fraction of sp³-hybridized carbons (Fsp3) is 0.556. The molecule has 0 radical (unpaired) electrons. The topological polar surface area (TPSA) is 29.5 Å². The van der Waals surface area contributed by atoms with Crippen LogP contribution in [0.1, 0.15) is 39.7 Å². The molecular weight excluding hydrogens is 248 g/mol. The van der Waals surface area contributed by atoms with Crippen LogP contribution in [0.4, 0.5) is 0 Å². The van der Waals surface area contributed by atoms with Gasteiger partial charge in [-0.2, -0.15) is 0 Å². The number of rotatable bonds is 8. The van der Waals surface area contributed by atoms with Gasteiger partial charge in [-0.3, -0.25) is 0 Å². The highest BCUT2D eigenvalue weighted by Crippen LogP contribution is 2.22. The number of aliphatic hydroxyl groups is 1. The van der Waals surface area contributed by atoms with E-state index in [-0.39, 0.29) is 18.1 Å². The van der Waals surface area contributed by atoms with E-state index in [0.29, 0.717) is 18.9 Å². The van der Waals surface area contributed by atoms with Gasteiger partial charge in [0, 0.05) is 0 Å². The Morgan fingerprint density at radius 3 is 2.20 bits per heavy atom. The van der Waals surface area contributed by atoms with E-state index in [9.17, 15) is 5.11 Å². The van der Waals surface area contributed by atoms with Crippen LogP contribution >= 0.6 is 0 Å². The zero-order chi connectivity index (χ0) is 15.1. The van der Waals surface area contributed by atoms with Crippen molar-refractivity contribution >= 4 is 0 Å². The van der Waals surface area contributed by atoms with Crippen molar-refractivity contribution in [3.05, 3.63) is 48.0 Å². The van der Waals surface area contributed by atoms with Gasteiger partial charge in [0.2, 0.25) is 0 Å². The zero-order valence-corrected chi connectivity index (χ0v) is 13.2. The van der Waals surface area contributed by atoms with E-state index in [1.807, 2.05) is 32.0 Å². The highest BCUT2D eigenvalue weighted by molar-refractivity contribution is 5.14. The van der Waals surface area contributed by atoms with Gasteiger partial charge in [-0.15, -0.1) is 0 Å². The highest BCUT2D eigenvalue weighted by Gasteiger charge is 2.21. The summed E-state index contributed by atoms with van der Waals surface area (Å²) in [5.74, 6) is 0.597. The van der Waals surface area contributed by atoms with E-state index in [2.05, 4.69) is 32.6 Å². The second-order valence-corrected chi connectivity index (χ2v) is 6.13. The van der Waals surface area contributed by atoms with Crippen LogP contribution in [0.3, 0.4) is 0 Å². The Labute approximate surface area is 123 Å². The summed E-state index contributed by atoms with van der Waals surface area (Å²) >= 11 is 0. The average molecular weight is 276 g/mol. The van der Waals surface area contributed by atoms with Crippen molar-refractivity contribution in [3.8, 4) is 0 Å². The molecule has 2 nitrogen and oxygen atoms in total. The molecule has 0 aliphatic rings. The van der Waals surface area contributed by atoms with E-state index < -0.39 is 0 Å². The minimum absolute atomic E-state index is 0.0105. The molecule has 0 aromatic heterocycles. The van der Waals surface area contributed by atoms with E-state index in [0.717, 1.165) is 11.1 Å². The smallest absolute Gasteiger partial charge is 0.0810 e. The third kappa shape index (κ3) is 5.48. The number of ether oxygens (including phenoxy) is 1. The maximum absolute atomic E-state index is 10.00. The maximum Gasteiger partial charge on any atom is 0.0810 e. The predicted octanol–water partition coefficient (Wildman–Crippen LogP) is 4.19. The number of hydrogen-bond donors (Lipinski definition) is 1. The van der Waals surface area contributed by atoms with Gasteiger partial charge < -0.3 is 9.84 Å². The molecule has 112 valence electrons. The van der Waals surface area contributed by atoms with Crippen molar-refractivity contribution in [2.75, 3.05) is 0 Å². The van der Waals surface area contributed by atoms with Gasteiger partial charge in [-0.05, 0) is 29.4 Å². The summed E-state index contributed by atoms with van der Waals surface area (Å²) < 4.78 is 6.02. The molecule has 0 aliphatic heterocycles. The quantitative estimate of drug-likeness (QED) is 0.721. The molecule has 0 spiro atoms. The Bertz CT molecular complexity index is 395. The fourth-order valence-corrected chi connectivity index (χ4v) is 2.16. The second-order valence-electron chi connectivity index (χ2n) is 6.13. The Balaban J connectivity index is 2.58. The average Bonchev–Trinajstić information content (AvgIpc) is 2.39. The molecule has 1 aromatic carbocycles. The van der Waals surface area contributed by atoms with Crippen LogP contribution in [0.15, 0.2) is 42.5 Å². The molecule has 0 saturated heterocycles. The van der Waals surface area contributed by atoms with E-state index in [1.54, 1.807) is 0 Å². The Hall–Kier alpha value is -1.12. The van der Waals surface area contributed by atoms with Gasteiger partial charge in [0.15, 0.2) is 0 Å².